The summed E-state index contributed by atoms with van der Waals surface area (Å²) in [4.78, 5) is 0. The molecule has 1 N–H and O–H groups in total. The number of aromatic hydroxyl groups is 1. The van der Waals surface area contributed by atoms with E-state index in [1.165, 1.54) is 27.2 Å². The molecule has 0 saturated heterocycles. The fourth-order valence-corrected chi connectivity index (χ4v) is 4.40. The lowest BCUT2D eigenvalue weighted by Gasteiger charge is -2.22. The maximum atomic E-state index is 9.55. The minimum absolute atomic E-state index is 0.294. The Morgan fingerprint density at radius 2 is 1.76 bits per heavy atom. The third kappa shape index (κ3) is 4.56. The van der Waals surface area contributed by atoms with Crippen LogP contribution in [0.3, 0.4) is 0 Å². The van der Waals surface area contributed by atoms with E-state index < -0.39 is 8.07 Å². The molecule has 1 aliphatic carbocycles. The van der Waals surface area contributed by atoms with Gasteiger partial charge >= 0.3 is 0 Å². The van der Waals surface area contributed by atoms with E-state index >= 15 is 0 Å². The molecule has 2 aromatic rings. The summed E-state index contributed by atoms with van der Waals surface area (Å²) < 4.78 is 7.23. The summed E-state index contributed by atoms with van der Waals surface area (Å²) in [6.45, 7) is 7.92. The fourth-order valence-electron chi connectivity index (χ4n) is 3.04. The van der Waals surface area contributed by atoms with E-state index in [2.05, 4.69) is 53.8 Å². The number of hydrogen-bond donors (Lipinski definition) is 1. The second kappa shape index (κ2) is 7.38. The smallest absolute Gasteiger partial charge is 0.119 e. The molecule has 1 aliphatic rings. The number of rotatable bonds is 5. The number of allylic oxidation sites excluding steroid dienone is 1. The Hall–Kier alpha value is -1.52. The molecule has 0 unspecified atom stereocenters. The molecule has 0 aromatic heterocycles. The van der Waals surface area contributed by atoms with Crippen LogP contribution in [0.5, 0.6) is 11.5 Å². The van der Waals surface area contributed by atoms with Crippen molar-refractivity contribution in [2.45, 2.75) is 38.5 Å². The molecule has 2 aromatic carbocycles. The Labute approximate surface area is 159 Å². The number of phenolic OH excluding ortho intramolecular Hbond substituents is 1. The monoisotopic (exact) mass is 416 g/mol. The molecule has 3 rings (SSSR count). The Balaban J connectivity index is 1.85. The van der Waals surface area contributed by atoms with Gasteiger partial charge in [-0.05, 0) is 65.4 Å². The number of hydrogen-bond acceptors (Lipinski definition) is 2. The standard InChI is InChI=1S/C21H25BrO2Si/c1-25(2,3)13-12-24-18-9-10-19-16(14-18)6-11-20(22)21(19)15-4-7-17(23)8-5-15/h4-5,7-10,14,23H,6,11-13H2,1-3H3. The Morgan fingerprint density at radius 3 is 2.44 bits per heavy atom. The van der Waals surface area contributed by atoms with Gasteiger partial charge in [0.1, 0.15) is 11.5 Å². The molecule has 0 heterocycles. The molecular formula is C21H25BrO2Si. The molecule has 0 spiro atoms. The van der Waals surface area contributed by atoms with Crippen molar-refractivity contribution in [3.8, 4) is 11.5 Å². The molecule has 0 atom stereocenters. The van der Waals surface area contributed by atoms with Crippen LogP contribution < -0.4 is 4.74 Å². The Morgan fingerprint density at radius 1 is 1.04 bits per heavy atom. The summed E-state index contributed by atoms with van der Waals surface area (Å²) in [6, 6.07) is 15.0. The normalized spacial score (nSPS) is 14.4. The quantitative estimate of drug-likeness (QED) is 0.586. The van der Waals surface area contributed by atoms with Crippen LogP contribution in [-0.2, 0) is 6.42 Å². The maximum absolute atomic E-state index is 9.55. The predicted molar refractivity (Wildman–Crippen MR) is 111 cm³/mol. The van der Waals surface area contributed by atoms with E-state index in [9.17, 15) is 5.11 Å². The van der Waals surface area contributed by atoms with Crippen molar-refractivity contribution in [3.05, 3.63) is 63.6 Å². The minimum Gasteiger partial charge on any atom is -0.508 e. The fraction of sp³-hybridized carbons (Fsp3) is 0.333. The van der Waals surface area contributed by atoms with E-state index in [1.807, 2.05) is 12.1 Å². The van der Waals surface area contributed by atoms with Crippen molar-refractivity contribution in [2.24, 2.45) is 0 Å². The van der Waals surface area contributed by atoms with E-state index in [0.29, 0.717) is 5.75 Å². The van der Waals surface area contributed by atoms with E-state index in [1.54, 1.807) is 12.1 Å². The lowest BCUT2D eigenvalue weighted by Crippen LogP contribution is -2.22. The third-order valence-corrected chi connectivity index (χ3v) is 7.01. The summed E-state index contributed by atoms with van der Waals surface area (Å²) in [6.07, 6.45) is 2.00. The number of halogens is 1. The number of fused-ring (bicyclic) bond motifs is 1. The van der Waals surface area contributed by atoms with Crippen LogP contribution in [0.15, 0.2) is 46.9 Å². The molecule has 4 heteroatoms. The molecule has 0 amide bonds. The van der Waals surface area contributed by atoms with Gasteiger partial charge in [0, 0.05) is 12.6 Å². The molecule has 0 aliphatic heterocycles. The Kier molecular flexibility index (Phi) is 5.40. The number of phenols is 1. The van der Waals surface area contributed by atoms with Crippen LogP contribution in [0.2, 0.25) is 25.7 Å². The molecule has 0 bridgehead atoms. The molecule has 0 fully saturated rings. The lowest BCUT2D eigenvalue weighted by atomic mass is 9.87. The van der Waals surface area contributed by atoms with Gasteiger partial charge in [-0.25, -0.2) is 0 Å². The average Bonchev–Trinajstić information content (AvgIpc) is 2.55. The van der Waals surface area contributed by atoms with Gasteiger partial charge in [0.15, 0.2) is 0 Å². The van der Waals surface area contributed by atoms with E-state index in [4.69, 9.17) is 4.74 Å². The summed E-state index contributed by atoms with van der Waals surface area (Å²) in [7, 11) is -1.07. The third-order valence-electron chi connectivity index (χ3n) is 4.51. The second-order valence-electron chi connectivity index (χ2n) is 7.80. The Bertz CT molecular complexity index is 789. The zero-order valence-electron chi connectivity index (χ0n) is 15.1. The maximum Gasteiger partial charge on any atom is 0.119 e. The SMILES string of the molecule is C[Si](C)(C)CCOc1ccc2c(c1)CCC(Br)=C2c1ccc(O)cc1. The van der Waals surface area contributed by atoms with Crippen LogP contribution in [0.4, 0.5) is 0 Å². The van der Waals surface area contributed by atoms with Crippen molar-refractivity contribution in [1.82, 2.24) is 0 Å². The molecule has 132 valence electrons. The first-order valence-corrected chi connectivity index (χ1v) is 13.3. The number of ether oxygens (including phenoxy) is 1. The van der Waals surface area contributed by atoms with Gasteiger partial charge in [-0.2, -0.15) is 0 Å². The first kappa shape index (κ1) is 18.3. The summed E-state index contributed by atoms with van der Waals surface area (Å²) >= 11 is 3.75. The lowest BCUT2D eigenvalue weighted by molar-refractivity contribution is 0.338. The number of aryl methyl sites for hydroxylation is 1. The minimum atomic E-state index is -1.07. The van der Waals surface area contributed by atoms with Crippen LogP contribution in [0.1, 0.15) is 23.1 Å². The zero-order chi connectivity index (χ0) is 18.0. The van der Waals surface area contributed by atoms with Crippen molar-refractivity contribution < 1.29 is 9.84 Å². The molecule has 0 radical (unpaired) electrons. The van der Waals surface area contributed by atoms with Gasteiger partial charge in [0.25, 0.3) is 0 Å². The van der Waals surface area contributed by atoms with E-state index in [0.717, 1.165) is 30.8 Å². The largest absolute Gasteiger partial charge is 0.508 e. The summed E-state index contributed by atoms with van der Waals surface area (Å²) in [5.74, 6) is 1.27. The average molecular weight is 417 g/mol. The highest BCUT2D eigenvalue weighted by atomic mass is 79.9. The first-order chi connectivity index (χ1) is 11.8. The molecule has 0 saturated carbocycles. The highest BCUT2D eigenvalue weighted by Gasteiger charge is 2.20. The highest BCUT2D eigenvalue weighted by Crippen LogP contribution is 2.40. The van der Waals surface area contributed by atoms with Gasteiger partial charge in [0.05, 0.1) is 6.61 Å². The van der Waals surface area contributed by atoms with Crippen molar-refractivity contribution in [1.29, 1.82) is 0 Å². The van der Waals surface area contributed by atoms with Crippen LogP contribution in [0.25, 0.3) is 5.57 Å². The molecule has 25 heavy (non-hydrogen) atoms. The summed E-state index contributed by atoms with van der Waals surface area (Å²) in [5.41, 5.74) is 4.92. The number of benzene rings is 2. The van der Waals surface area contributed by atoms with Crippen LogP contribution in [0, 0.1) is 0 Å². The van der Waals surface area contributed by atoms with Gasteiger partial charge in [-0.1, -0.05) is 53.8 Å². The van der Waals surface area contributed by atoms with Crippen LogP contribution in [-0.4, -0.2) is 19.8 Å². The van der Waals surface area contributed by atoms with Gasteiger partial charge in [-0.3, -0.25) is 0 Å². The zero-order valence-corrected chi connectivity index (χ0v) is 17.7. The molecule has 2 nitrogen and oxygen atoms in total. The summed E-state index contributed by atoms with van der Waals surface area (Å²) in [5, 5.41) is 9.55. The predicted octanol–water partition coefficient (Wildman–Crippen LogP) is 6.21. The van der Waals surface area contributed by atoms with Crippen molar-refractivity contribution in [3.63, 3.8) is 0 Å². The van der Waals surface area contributed by atoms with Gasteiger partial charge in [-0.15, -0.1) is 0 Å². The highest BCUT2D eigenvalue weighted by molar-refractivity contribution is 9.11. The topological polar surface area (TPSA) is 29.5 Å². The van der Waals surface area contributed by atoms with Crippen LogP contribution >= 0.6 is 15.9 Å². The van der Waals surface area contributed by atoms with Gasteiger partial charge < -0.3 is 9.84 Å². The van der Waals surface area contributed by atoms with E-state index in [-0.39, 0.29) is 0 Å². The second-order valence-corrected chi connectivity index (χ2v) is 14.4. The van der Waals surface area contributed by atoms with Gasteiger partial charge in [0.2, 0.25) is 0 Å². The molecular weight excluding hydrogens is 392 g/mol. The van der Waals surface area contributed by atoms with Crippen molar-refractivity contribution >= 4 is 29.6 Å². The van der Waals surface area contributed by atoms with Crippen molar-refractivity contribution in [2.75, 3.05) is 6.61 Å². The first-order valence-electron chi connectivity index (χ1n) is 8.78.